The molecule has 16 heavy (non-hydrogen) atoms. The van der Waals surface area contributed by atoms with Crippen LogP contribution < -0.4 is 5.73 Å². The topological polar surface area (TPSA) is 107 Å². The molecule has 0 saturated heterocycles. The Labute approximate surface area is 132 Å². The summed E-state index contributed by atoms with van der Waals surface area (Å²) in [6, 6.07) is 0. The second kappa shape index (κ2) is 361. The fourth-order valence-corrected chi connectivity index (χ4v) is 0. The van der Waals surface area contributed by atoms with Gasteiger partial charge in [-0.25, -0.2) is 0 Å². The predicted molar refractivity (Wildman–Crippen MR) is 64.7 cm³/mol. The summed E-state index contributed by atoms with van der Waals surface area (Å²) in [4.78, 5) is 0. The van der Waals surface area contributed by atoms with E-state index in [4.69, 9.17) is 26.2 Å². The van der Waals surface area contributed by atoms with Gasteiger partial charge in [-0.1, -0.05) is 6.92 Å². The zero-order valence-electron chi connectivity index (χ0n) is 11.8. The molecule has 0 aromatic carbocycles. The number of rotatable bonds is 1. The van der Waals surface area contributed by atoms with Gasteiger partial charge in [0.15, 0.2) is 0 Å². The third-order valence-electron chi connectivity index (χ3n) is 0.289. The Balaban J connectivity index is -0.00000000536. The Kier molecular flexibility index (Phi) is 1510. The Morgan fingerprint density at radius 3 is 0.750 bits per heavy atom. The molecular weight excluding hydrogens is 282 g/mol. The van der Waals surface area contributed by atoms with Gasteiger partial charge in [-0.2, -0.15) is 0 Å². The van der Waals surface area contributed by atoms with E-state index in [1.54, 1.807) is 0 Å². The molecule has 0 aliphatic rings. The van der Waals surface area contributed by atoms with Gasteiger partial charge in [0.2, 0.25) is 0 Å². The van der Waals surface area contributed by atoms with Crippen LogP contribution in [0.3, 0.4) is 0 Å². The third kappa shape index (κ3) is 621. The van der Waals surface area contributed by atoms with Gasteiger partial charge in [-0.05, 0) is 13.0 Å². The van der Waals surface area contributed by atoms with E-state index in [0.29, 0.717) is 0 Å². The van der Waals surface area contributed by atoms with Crippen molar-refractivity contribution in [2.45, 2.75) is 13.3 Å². The number of aliphatic hydroxyl groups is 4. The molecule has 0 amide bonds. The van der Waals surface area contributed by atoms with E-state index in [1.165, 1.54) is 0 Å². The third-order valence-corrected chi connectivity index (χ3v) is 0.289. The van der Waals surface area contributed by atoms with Crippen molar-refractivity contribution >= 4 is 0 Å². The molecule has 7 heteroatoms. The van der Waals surface area contributed by atoms with Gasteiger partial charge in [0.05, 0.1) is 0 Å². The van der Waals surface area contributed by atoms with Crippen LogP contribution in [0.5, 0.6) is 0 Å². The Hall–Kier alpha value is 1.23. The summed E-state index contributed by atoms with van der Waals surface area (Å²) < 4.78 is 0. The molecule has 0 bridgehead atoms. The van der Waals surface area contributed by atoms with Crippen LogP contribution >= 0.6 is 0 Å². The van der Waals surface area contributed by atoms with E-state index in [1.807, 2.05) is 0 Å². The van der Waals surface area contributed by atoms with Gasteiger partial charge in [0.25, 0.3) is 0 Å². The van der Waals surface area contributed by atoms with Crippen LogP contribution in [-0.4, -0.2) is 55.4 Å². The Morgan fingerprint density at radius 1 is 0.688 bits per heavy atom. The molecule has 0 radical (unpaired) electrons. The first kappa shape index (κ1) is 67.0. The van der Waals surface area contributed by atoms with Crippen LogP contribution in [0.1, 0.15) is 13.3 Å². The fourth-order valence-electron chi connectivity index (χ4n) is 0. The molecule has 6 N–H and O–H groups in total. The maximum absolute atomic E-state index is 7.00. The molecule has 0 saturated carbocycles. The molecule has 106 valence electrons. The van der Waals surface area contributed by atoms with Crippen LogP contribution in [0.4, 0.5) is 0 Å². The van der Waals surface area contributed by atoms with E-state index in [0.717, 1.165) is 41.4 Å². The number of hydrogen-bond donors (Lipinski definition) is 5. The molecule has 0 heterocycles. The second-order valence-electron chi connectivity index (χ2n) is 0.789. The maximum Gasteiger partial charge on any atom is 0.0319 e. The van der Waals surface area contributed by atoms with Crippen molar-refractivity contribution in [3.05, 3.63) is 14.9 Å². The minimum atomic E-state index is 0. The van der Waals surface area contributed by atoms with Gasteiger partial charge in [-0.3, -0.25) is 0 Å². The normalized spacial score (nSPS) is 3.38. The van der Waals surface area contributed by atoms with Crippen molar-refractivity contribution in [1.82, 2.24) is 0 Å². The summed E-state index contributed by atoms with van der Waals surface area (Å²) in [5, 5.41) is 28.0. The first-order valence-electron chi connectivity index (χ1n) is 3.40. The first-order valence-corrected chi connectivity index (χ1v) is 3.40. The maximum atomic E-state index is 7.00. The largest absolute Gasteiger partial charge is 0.400 e. The summed E-state index contributed by atoms with van der Waals surface area (Å²) >= 11 is 0. The van der Waals surface area contributed by atoms with Crippen LogP contribution in [0.15, 0.2) is 0 Å². The van der Waals surface area contributed by atoms with Crippen LogP contribution in [0.2, 0.25) is 0 Å². The predicted octanol–water partition coefficient (Wildman–Crippen LogP) is -0.315. The van der Waals surface area contributed by atoms with Crippen LogP contribution in [0, 0.1) is 14.9 Å². The molecule has 0 aliphatic carbocycles. The molecule has 0 aliphatic heterocycles. The van der Waals surface area contributed by atoms with Crippen molar-refractivity contribution in [3.8, 4) is 0 Å². The number of hydrogen-bond acceptors (Lipinski definition) is 5. The fraction of sp³-hybridized carbons (Fsp3) is 0.778. The van der Waals surface area contributed by atoms with E-state index in [-0.39, 0.29) is 58.3 Å². The zero-order chi connectivity index (χ0) is 11.4. The molecular formula is C9H31NO4Ti2-2. The summed E-state index contributed by atoms with van der Waals surface area (Å²) in [6.07, 6.45) is 1.10. The average Bonchev–Trinajstić information content (AvgIpc) is 2.29. The van der Waals surface area contributed by atoms with Crippen LogP contribution in [0.25, 0.3) is 0 Å². The quantitative estimate of drug-likeness (QED) is 0.337. The van der Waals surface area contributed by atoms with Gasteiger partial charge >= 0.3 is 0 Å². The molecule has 0 unspecified atom stereocenters. The molecule has 0 fully saturated rings. The van der Waals surface area contributed by atoms with E-state index >= 15 is 0 Å². The van der Waals surface area contributed by atoms with Crippen LogP contribution in [-0.2, 0) is 43.4 Å². The molecule has 0 rings (SSSR count). The van der Waals surface area contributed by atoms with Gasteiger partial charge in [0.1, 0.15) is 0 Å². The van der Waals surface area contributed by atoms with Crippen molar-refractivity contribution in [2.24, 2.45) is 5.73 Å². The van der Waals surface area contributed by atoms with E-state index in [2.05, 4.69) is 6.92 Å². The van der Waals surface area contributed by atoms with Crippen molar-refractivity contribution in [1.29, 1.82) is 0 Å². The number of aliphatic hydroxyl groups excluding tert-OH is 4. The van der Waals surface area contributed by atoms with Gasteiger partial charge in [-0.15, -0.1) is 0 Å². The van der Waals surface area contributed by atoms with Crippen molar-refractivity contribution < 1.29 is 63.9 Å². The average molecular weight is 313 g/mol. The van der Waals surface area contributed by atoms with E-state index in [9.17, 15) is 0 Å². The standard InChI is InChI=1S/C3H9N.4CH4O.2CH3.2Ti/c1-2-3-4;4*1-2;;;;/h2-4H2,1H3;4*2H,1H3;2*1H3;;/q;;;;;2*-1;;. The Morgan fingerprint density at radius 2 is 0.750 bits per heavy atom. The smallest absolute Gasteiger partial charge is 0.0319 e. The summed E-state index contributed by atoms with van der Waals surface area (Å²) in [6.45, 7) is 2.88. The second-order valence-corrected chi connectivity index (χ2v) is 0.789. The van der Waals surface area contributed by atoms with Crippen molar-refractivity contribution in [2.75, 3.05) is 35.0 Å². The number of nitrogens with two attached hydrogens (primary N) is 1. The minimum Gasteiger partial charge on any atom is -0.400 e. The van der Waals surface area contributed by atoms with E-state index < -0.39 is 0 Å². The van der Waals surface area contributed by atoms with Gasteiger partial charge < -0.3 is 41.0 Å². The molecule has 0 aromatic rings. The molecule has 5 nitrogen and oxygen atoms in total. The zero-order valence-corrected chi connectivity index (χ0v) is 14.9. The van der Waals surface area contributed by atoms with Crippen molar-refractivity contribution in [3.63, 3.8) is 0 Å². The minimum absolute atomic E-state index is 0. The monoisotopic (exact) mass is 313 g/mol. The molecule has 0 atom stereocenters. The first-order chi connectivity index (χ1) is 5.91. The Bertz CT molecular complexity index is 27.5. The van der Waals surface area contributed by atoms with Gasteiger partial charge in [0, 0.05) is 71.9 Å². The molecule has 0 aromatic heterocycles. The summed E-state index contributed by atoms with van der Waals surface area (Å²) in [5.74, 6) is 0. The molecule has 0 spiro atoms. The summed E-state index contributed by atoms with van der Waals surface area (Å²) in [7, 11) is 4.00. The SMILES string of the molecule is CCCN.CO.CO.CO.CO.[CH3-].[CH3-].[Ti].[Ti]. The summed E-state index contributed by atoms with van der Waals surface area (Å²) in [5.41, 5.74) is 5.03.